The van der Waals surface area contributed by atoms with Gasteiger partial charge in [-0.1, -0.05) is 11.6 Å². The topological polar surface area (TPSA) is 39.7 Å². The summed E-state index contributed by atoms with van der Waals surface area (Å²) in [4.78, 5) is 0. The van der Waals surface area contributed by atoms with E-state index in [0.29, 0.717) is 22.3 Å². The van der Waals surface area contributed by atoms with Crippen molar-refractivity contribution in [2.75, 3.05) is 34.9 Å². The summed E-state index contributed by atoms with van der Waals surface area (Å²) in [5.41, 5.74) is 0.889. The van der Waals surface area contributed by atoms with Gasteiger partial charge in [0.1, 0.15) is 5.75 Å². The van der Waals surface area contributed by atoms with Crippen molar-refractivity contribution < 1.29 is 14.2 Å². The standard InChI is InChI=1S/C12H18ClNO3/c1-14-6-5-8-11(13)9(15-2)7-10(16-3)12(8)17-4/h7,14H,5-6H2,1-4H3. The minimum absolute atomic E-state index is 0.570. The number of ether oxygens (including phenoxy) is 3. The van der Waals surface area contributed by atoms with E-state index in [4.69, 9.17) is 25.8 Å². The van der Waals surface area contributed by atoms with Gasteiger partial charge in [-0.2, -0.15) is 0 Å². The number of hydrogen-bond acceptors (Lipinski definition) is 4. The summed E-state index contributed by atoms with van der Waals surface area (Å²) >= 11 is 6.27. The highest BCUT2D eigenvalue weighted by Gasteiger charge is 2.18. The maximum atomic E-state index is 6.27. The van der Waals surface area contributed by atoms with Crippen LogP contribution in [0.25, 0.3) is 0 Å². The third-order valence-corrected chi connectivity index (χ3v) is 2.92. The van der Waals surface area contributed by atoms with Crippen LogP contribution < -0.4 is 19.5 Å². The first-order chi connectivity index (χ1) is 8.19. The molecular formula is C12H18ClNO3. The summed E-state index contributed by atoms with van der Waals surface area (Å²) in [6.45, 7) is 0.798. The van der Waals surface area contributed by atoms with Crippen LogP contribution in [0.2, 0.25) is 5.02 Å². The fourth-order valence-corrected chi connectivity index (χ4v) is 1.95. The second kappa shape index (κ2) is 6.57. The molecule has 0 fully saturated rings. The molecule has 0 spiro atoms. The number of hydrogen-bond donors (Lipinski definition) is 1. The van der Waals surface area contributed by atoms with E-state index in [2.05, 4.69) is 5.32 Å². The van der Waals surface area contributed by atoms with E-state index in [9.17, 15) is 0 Å². The predicted octanol–water partition coefficient (Wildman–Crippen LogP) is 2.13. The van der Waals surface area contributed by atoms with Crippen LogP contribution >= 0.6 is 11.6 Å². The largest absolute Gasteiger partial charge is 0.495 e. The maximum absolute atomic E-state index is 6.27. The van der Waals surface area contributed by atoms with Gasteiger partial charge in [-0.05, 0) is 20.0 Å². The highest BCUT2D eigenvalue weighted by molar-refractivity contribution is 6.33. The van der Waals surface area contributed by atoms with E-state index in [1.165, 1.54) is 0 Å². The quantitative estimate of drug-likeness (QED) is 0.850. The van der Waals surface area contributed by atoms with E-state index in [-0.39, 0.29) is 0 Å². The first-order valence-electron chi connectivity index (χ1n) is 5.31. The Balaban J connectivity index is 3.28. The van der Waals surface area contributed by atoms with Crippen molar-refractivity contribution in [3.8, 4) is 17.2 Å². The average molecular weight is 260 g/mol. The molecule has 0 amide bonds. The van der Waals surface area contributed by atoms with Crippen molar-refractivity contribution in [2.24, 2.45) is 0 Å². The van der Waals surface area contributed by atoms with E-state index in [1.807, 2.05) is 7.05 Å². The second-order valence-electron chi connectivity index (χ2n) is 3.46. The molecule has 1 N–H and O–H groups in total. The third-order valence-electron chi connectivity index (χ3n) is 2.51. The molecule has 17 heavy (non-hydrogen) atoms. The predicted molar refractivity (Wildman–Crippen MR) is 68.7 cm³/mol. The fraction of sp³-hybridized carbons (Fsp3) is 0.500. The van der Waals surface area contributed by atoms with Crippen molar-refractivity contribution in [3.63, 3.8) is 0 Å². The summed E-state index contributed by atoms with van der Waals surface area (Å²) in [6, 6.07) is 1.73. The molecule has 0 radical (unpaired) electrons. The van der Waals surface area contributed by atoms with E-state index >= 15 is 0 Å². The molecule has 1 aromatic carbocycles. The highest BCUT2D eigenvalue weighted by atomic mass is 35.5. The van der Waals surface area contributed by atoms with Gasteiger partial charge in [0.25, 0.3) is 0 Å². The molecule has 0 aromatic heterocycles. The van der Waals surface area contributed by atoms with Crippen LogP contribution in [0.15, 0.2) is 6.07 Å². The molecule has 0 aliphatic rings. The Kier molecular flexibility index (Phi) is 5.38. The number of methoxy groups -OCH3 is 3. The Morgan fingerprint density at radius 1 is 1.12 bits per heavy atom. The molecule has 0 aliphatic carbocycles. The van der Waals surface area contributed by atoms with Gasteiger partial charge in [0.2, 0.25) is 0 Å². The molecule has 0 saturated carbocycles. The lowest BCUT2D eigenvalue weighted by Gasteiger charge is -2.16. The van der Waals surface area contributed by atoms with Gasteiger partial charge in [-0.15, -0.1) is 0 Å². The third kappa shape index (κ3) is 2.96. The first kappa shape index (κ1) is 13.9. The normalized spacial score (nSPS) is 10.2. The number of likely N-dealkylation sites (N-methyl/N-ethyl adjacent to an activating group) is 1. The average Bonchev–Trinajstić information content (AvgIpc) is 2.36. The van der Waals surface area contributed by atoms with Crippen LogP contribution in [-0.2, 0) is 6.42 Å². The second-order valence-corrected chi connectivity index (χ2v) is 3.84. The van der Waals surface area contributed by atoms with Crippen molar-refractivity contribution in [1.82, 2.24) is 5.32 Å². The molecule has 1 aromatic rings. The minimum Gasteiger partial charge on any atom is -0.495 e. The van der Waals surface area contributed by atoms with E-state index in [0.717, 1.165) is 18.5 Å². The number of rotatable bonds is 6. The maximum Gasteiger partial charge on any atom is 0.165 e. The van der Waals surface area contributed by atoms with Crippen LogP contribution in [0.1, 0.15) is 5.56 Å². The van der Waals surface area contributed by atoms with Gasteiger partial charge in [-0.3, -0.25) is 0 Å². The highest BCUT2D eigenvalue weighted by Crippen LogP contribution is 2.42. The van der Waals surface area contributed by atoms with Gasteiger partial charge in [0, 0.05) is 11.6 Å². The lowest BCUT2D eigenvalue weighted by molar-refractivity contribution is 0.345. The Hall–Kier alpha value is -1.13. The zero-order valence-corrected chi connectivity index (χ0v) is 11.4. The molecule has 0 unspecified atom stereocenters. The van der Waals surface area contributed by atoms with Crippen molar-refractivity contribution in [3.05, 3.63) is 16.7 Å². The minimum atomic E-state index is 0.570. The van der Waals surface area contributed by atoms with Gasteiger partial charge in [0.05, 0.1) is 26.4 Å². The smallest absolute Gasteiger partial charge is 0.165 e. The zero-order chi connectivity index (χ0) is 12.8. The Labute approximate surface area is 107 Å². The molecule has 0 aliphatic heterocycles. The van der Waals surface area contributed by atoms with Gasteiger partial charge >= 0.3 is 0 Å². The fourth-order valence-electron chi connectivity index (χ4n) is 1.64. The number of nitrogens with one attached hydrogen (secondary N) is 1. The summed E-state index contributed by atoms with van der Waals surface area (Å²) < 4.78 is 15.8. The van der Waals surface area contributed by atoms with Gasteiger partial charge < -0.3 is 19.5 Å². The first-order valence-corrected chi connectivity index (χ1v) is 5.69. The molecular weight excluding hydrogens is 242 g/mol. The Morgan fingerprint density at radius 3 is 2.24 bits per heavy atom. The van der Waals surface area contributed by atoms with Crippen LogP contribution in [0.5, 0.6) is 17.2 Å². The lowest BCUT2D eigenvalue weighted by atomic mass is 10.1. The molecule has 0 heterocycles. The molecule has 96 valence electrons. The lowest BCUT2D eigenvalue weighted by Crippen LogP contribution is -2.12. The number of benzene rings is 1. The molecule has 0 atom stereocenters. The monoisotopic (exact) mass is 259 g/mol. The van der Waals surface area contributed by atoms with Crippen LogP contribution in [0.3, 0.4) is 0 Å². The Morgan fingerprint density at radius 2 is 1.76 bits per heavy atom. The molecule has 1 rings (SSSR count). The molecule has 0 bridgehead atoms. The van der Waals surface area contributed by atoms with Crippen LogP contribution in [0.4, 0.5) is 0 Å². The van der Waals surface area contributed by atoms with Crippen LogP contribution in [0, 0.1) is 0 Å². The van der Waals surface area contributed by atoms with Crippen molar-refractivity contribution in [1.29, 1.82) is 0 Å². The van der Waals surface area contributed by atoms with Crippen molar-refractivity contribution in [2.45, 2.75) is 6.42 Å². The zero-order valence-electron chi connectivity index (χ0n) is 10.6. The molecule has 5 heteroatoms. The van der Waals surface area contributed by atoms with Gasteiger partial charge in [0.15, 0.2) is 11.5 Å². The SMILES string of the molecule is CNCCc1c(Cl)c(OC)cc(OC)c1OC. The van der Waals surface area contributed by atoms with E-state index < -0.39 is 0 Å². The number of halogens is 1. The summed E-state index contributed by atoms with van der Waals surface area (Å²) in [6.07, 6.45) is 0.742. The van der Waals surface area contributed by atoms with Gasteiger partial charge in [-0.25, -0.2) is 0 Å². The van der Waals surface area contributed by atoms with Crippen LogP contribution in [-0.4, -0.2) is 34.9 Å². The van der Waals surface area contributed by atoms with Crippen molar-refractivity contribution >= 4 is 11.6 Å². The molecule has 0 saturated heterocycles. The summed E-state index contributed by atoms with van der Waals surface area (Å²) in [7, 11) is 6.66. The molecule has 4 nitrogen and oxygen atoms in total. The summed E-state index contributed by atoms with van der Waals surface area (Å²) in [5.74, 6) is 1.88. The summed E-state index contributed by atoms with van der Waals surface area (Å²) in [5, 5.41) is 3.64. The van der Waals surface area contributed by atoms with E-state index in [1.54, 1.807) is 27.4 Å². The Bertz CT molecular complexity index is 383.